The Hall–Kier alpha value is -2.73. The largest absolute Gasteiger partial charge is 0.357 e. The molecular formula is C18H18N4OS. The lowest BCUT2D eigenvalue weighted by atomic mass is 10.1. The fraction of sp³-hybridized carbons (Fsp3) is 0.167. The molecule has 3 aromatic rings. The van der Waals surface area contributed by atoms with Crippen LogP contribution in [0, 0.1) is 0 Å². The number of aromatic nitrogens is 2. The predicted molar refractivity (Wildman–Crippen MR) is 97.4 cm³/mol. The third kappa shape index (κ3) is 3.97. The Kier molecular flexibility index (Phi) is 5.18. The number of rotatable bonds is 6. The summed E-state index contributed by atoms with van der Waals surface area (Å²) in [7, 11) is 1.78. The zero-order valence-electron chi connectivity index (χ0n) is 13.3. The van der Waals surface area contributed by atoms with Crippen molar-refractivity contribution in [2.45, 2.75) is 6.42 Å². The Bertz CT molecular complexity index is 817. The molecule has 3 rings (SSSR count). The summed E-state index contributed by atoms with van der Waals surface area (Å²) in [5.41, 5.74) is 2.02. The van der Waals surface area contributed by atoms with Crippen molar-refractivity contribution in [3.8, 4) is 10.6 Å². The Morgan fingerprint density at radius 2 is 1.96 bits per heavy atom. The number of carbonyl (C=O) groups is 1. The van der Waals surface area contributed by atoms with Gasteiger partial charge in [0.15, 0.2) is 0 Å². The summed E-state index contributed by atoms with van der Waals surface area (Å²) in [6.45, 7) is 0.619. The summed E-state index contributed by atoms with van der Waals surface area (Å²) in [4.78, 5) is 22.4. The molecule has 0 bridgehead atoms. The van der Waals surface area contributed by atoms with Crippen LogP contribution in [-0.2, 0) is 6.42 Å². The first-order valence-corrected chi connectivity index (χ1v) is 8.51. The molecule has 24 heavy (non-hydrogen) atoms. The van der Waals surface area contributed by atoms with Crippen molar-refractivity contribution < 1.29 is 4.79 Å². The summed E-state index contributed by atoms with van der Waals surface area (Å²) in [5, 5.41) is 5.87. The van der Waals surface area contributed by atoms with Crippen LogP contribution in [0.1, 0.15) is 15.2 Å². The monoisotopic (exact) mass is 338 g/mol. The molecule has 1 amide bonds. The van der Waals surface area contributed by atoms with E-state index in [1.54, 1.807) is 13.2 Å². The molecule has 0 unspecified atom stereocenters. The minimum absolute atomic E-state index is 0.0509. The molecule has 122 valence electrons. The molecule has 2 N–H and O–H groups in total. The molecule has 0 atom stereocenters. The van der Waals surface area contributed by atoms with E-state index in [1.807, 2.05) is 36.4 Å². The Morgan fingerprint density at radius 1 is 1.12 bits per heavy atom. The number of nitrogens with one attached hydrogen (secondary N) is 2. The molecule has 5 nitrogen and oxygen atoms in total. The fourth-order valence-electron chi connectivity index (χ4n) is 2.27. The molecule has 0 aliphatic rings. The number of hydrogen-bond acceptors (Lipinski definition) is 5. The van der Waals surface area contributed by atoms with Gasteiger partial charge in [0.1, 0.15) is 0 Å². The predicted octanol–water partition coefficient (Wildman–Crippen LogP) is 3.22. The first kappa shape index (κ1) is 16.1. The Labute approximate surface area is 144 Å². The lowest BCUT2D eigenvalue weighted by Gasteiger charge is -2.03. The average Bonchev–Trinajstić information content (AvgIpc) is 3.13. The van der Waals surface area contributed by atoms with Gasteiger partial charge in [-0.1, -0.05) is 30.3 Å². The summed E-state index contributed by atoms with van der Waals surface area (Å²) >= 11 is 1.43. The van der Waals surface area contributed by atoms with Crippen LogP contribution in [0.3, 0.4) is 0 Å². The maximum absolute atomic E-state index is 12.3. The molecule has 2 aromatic heterocycles. The van der Waals surface area contributed by atoms with E-state index in [0.29, 0.717) is 17.4 Å². The highest BCUT2D eigenvalue weighted by atomic mass is 32.1. The summed E-state index contributed by atoms with van der Waals surface area (Å²) in [6.07, 6.45) is 2.52. The van der Waals surface area contributed by atoms with E-state index in [4.69, 9.17) is 0 Å². The summed E-state index contributed by atoms with van der Waals surface area (Å²) in [5.74, 6) is 0.514. The average molecular weight is 338 g/mol. The fourth-order valence-corrected chi connectivity index (χ4v) is 3.16. The molecule has 0 radical (unpaired) electrons. The molecule has 6 heteroatoms. The van der Waals surface area contributed by atoms with Crippen molar-refractivity contribution in [2.75, 3.05) is 18.9 Å². The van der Waals surface area contributed by atoms with Gasteiger partial charge in [-0.05, 0) is 30.2 Å². The van der Waals surface area contributed by atoms with E-state index in [9.17, 15) is 4.79 Å². The molecule has 1 aromatic carbocycles. The van der Waals surface area contributed by atoms with Gasteiger partial charge in [-0.25, -0.2) is 9.97 Å². The second kappa shape index (κ2) is 7.70. The van der Waals surface area contributed by atoms with Crippen molar-refractivity contribution in [1.29, 1.82) is 0 Å². The Morgan fingerprint density at radius 3 is 2.75 bits per heavy atom. The third-order valence-corrected chi connectivity index (χ3v) is 4.61. The van der Waals surface area contributed by atoms with Crippen molar-refractivity contribution >= 4 is 23.2 Å². The zero-order valence-corrected chi connectivity index (χ0v) is 14.1. The van der Waals surface area contributed by atoms with E-state index in [0.717, 1.165) is 17.0 Å². The van der Waals surface area contributed by atoms with Crippen molar-refractivity contribution in [2.24, 2.45) is 0 Å². The number of benzene rings is 1. The third-order valence-electron chi connectivity index (χ3n) is 3.50. The van der Waals surface area contributed by atoms with Crippen LogP contribution in [0.5, 0.6) is 0 Å². The first-order valence-electron chi connectivity index (χ1n) is 7.69. The zero-order chi connectivity index (χ0) is 16.8. The van der Waals surface area contributed by atoms with E-state index < -0.39 is 0 Å². The van der Waals surface area contributed by atoms with Gasteiger partial charge >= 0.3 is 0 Å². The van der Waals surface area contributed by atoms with Crippen molar-refractivity contribution in [3.63, 3.8) is 0 Å². The molecule has 0 spiro atoms. The highest BCUT2D eigenvalue weighted by molar-refractivity contribution is 7.17. The van der Waals surface area contributed by atoms with Crippen molar-refractivity contribution in [1.82, 2.24) is 15.3 Å². The standard InChI is InChI=1S/C18H18N4OS/c1-19-18-21-12-10-14(22-18)15-7-8-16(24-15)17(23)20-11-9-13-5-3-2-4-6-13/h2-8,10,12H,9,11H2,1H3,(H,20,23)(H,19,21,22). The first-order chi connectivity index (χ1) is 11.8. The van der Waals surface area contributed by atoms with Gasteiger partial charge in [0.05, 0.1) is 15.4 Å². The minimum atomic E-state index is -0.0509. The molecule has 0 fully saturated rings. The molecule has 2 heterocycles. The SMILES string of the molecule is CNc1nccc(-c2ccc(C(=O)NCCc3ccccc3)s2)n1. The minimum Gasteiger partial charge on any atom is -0.357 e. The molecule has 0 aliphatic heterocycles. The highest BCUT2D eigenvalue weighted by Gasteiger charge is 2.11. The molecule has 0 saturated heterocycles. The Balaban J connectivity index is 1.61. The summed E-state index contributed by atoms with van der Waals surface area (Å²) in [6, 6.07) is 15.7. The van der Waals surface area contributed by atoms with Crippen LogP contribution in [0.2, 0.25) is 0 Å². The maximum Gasteiger partial charge on any atom is 0.261 e. The van der Waals surface area contributed by atoms with Crippen molar-refractivity contribution in [3.05, 3.63) is 65.2 Å². The van der Waals surface area contributed by atoms with E-state index in [-0.39, 0.29) is 5.91 Å². The van der Waals surface area contributed by atoms with E-state index in [1.165, 1.54) is 16.9 Å². The van der Waals surface area contributed by atoms with Gasteiger partial charge in [-0.2, -0.15) is 0 Å². The quantitative estimate of drug-likeness (QED) is 0.724. The number of anilines is 1. The van der Waals surface area contributed by atoms with E-state index in [2.05, 4.69) is 32.7 Å². The molecular weight excluding hydrogens is 320 g/mol. The number of hydrogen-bond donors (Lipinski definition) is 2. The lowest BCUT2D eigenvalue weighted by molar-refractivity contribution is 0.0958. The van der Waals surface area contributed by atoms with Gasteiger partial charge in [0, 0.05) is 19.8 Å². The van der Waals surface area contributed by atoms with Crippen LogP contribution in [0.4, 0.5) is 5.95 Å². The highest BCUT2D eigenvalue weighted by Crippen LogP contribution is 2.26. The van der Waals surface area contributed by atoms with Gasteiger partial charge in [0.25, 0.3) is 5.91 Å². The number of carbonyl (C=O) groups excluding carboxylic acids is 1. The van der Waals surface area contributed by atoms with Gasteiger partial charge in [-0.15, -0.1) is 11.3 Å². The van der Waals surface area contributed by atoms with Crippen LogP contribution >= 0.6 is 11.3 Å². The summed E-state index contributed by atoms with van der Waals surface area (Å²) < 4.78 is 0. The smallest absolute Gasteiger partial charge is 0.261 e. The van der Waals surface area contributed by atoms with Crippen LogP contribution in [-0.4, -0.2) is 29.5 Å². The van der Waals surface area contributed by atoms with Gasteiger partial charge in [-0.3, -0.25) is 4.79 Å². The number of amides is 1. The number of nitrogens with zero attached hydrogens (tertiary/aromatic N) is 2. The van der Waals surface area contributed by atoms with E-state index >= 15 is 0 Å². The van der Waals surface area contributed by atoms with Crippen LogP contribution in [0.15, 0.2) is 54.7 Å². The van der Waals surface area contributed by atoms with Crippen LogP contribution in [0.25, 0.3) is 10.6 Å². The normalized spacial score (nSPS) is 10.4. The second-order valence-electron chi connectivity index (χ2n) is 5.17. The van der Waals surface area contributed by atoms with Crippen LogP contribution < -0.4 is 10.6 Å². The van der Waals surface area contributed by atoms with Gasteiger partial charge in [0.2, 0.25) is 5.95 Å². The maximum atomic E-state index is 12.3. The number of thiophene rings is 1. The second-order valence-corrected chi connectivity index (χ2v) is 6.25. The molecule has 0 saturated carbocycles. The molecule has 0 aliphatic carbocycles. The van der Waals surface area contributed by atoms with Gasteiger partial charge < -0.3 is 10.6 Å². The lowest BCUT2D eigenvalue weighted by Crippen LogP contribution is -2.24. The topological polar surface area (TPSA) is 66.9 Å².